The molecule has 0 atom stereocenters. The fraction of sp³-hybridized carbons (Fsp3) is 0. The van der Waals surface area contributed by atoms with E-state index in [0.29, 0.717) is 16.7 Å². The van der Waals surface area contributed by atoms with E-state index < -0.39 is 11.9 Å². The zero-order valence-corrected chi connectivity index (χ0v) is 10.6. The molecule has 0 fully saturated rings. The monoisotopic (exact) mass is 283 g/mol. The van der Waals surface area contributed by atoms with Gasteiger partial charge in [-0.2, -0.15) is 5.10 Å². The summed E-state index contributed by atoms with van der Waals surface area (Å²) < 4.78 is 1.32. The molecule has 0 aliphatic carbocycles. The summed E-state index contributed by atoms with van der Waals surface area (Å²) in [7, 11) is 0. The molecule has 0 saturated carbocycles. The average molecular weight is 283 g/mol. The number of pyridine rings is 1. The highest BCUT2D eigenvalue weighted by molar-refractivity contribution is 6.00. The van der Waals surface area contributed by atoms with Gasteiger partial charge in [0.15, 0.2) is 11.3 Å². The van der Waals surface area contributed by atoms with Crippen LogP contribution >= 0.6 is 0 Å². The van der Waals surface area contributed by atoms with Crippen molar-refractivity contribution < 1.29 is 19.8 Å². The molecule has 7 heteroatoms. The van der Waals surface area contributed by atoms with Gasteiger partial charge in [-0.25, -0.2) is 19.3 Å². The van der Waals surface area contributed by atoms with Crippen LogP contribution in [0.5, 0.6) is 0 Å². The number of aromatic carboxylic acids is 2. The molecule has 21 heavy (non-hydrogen) atoms. The first-order valence-corrected chi connectivity index (χ1v) is 5.98. The van der Waals surface area contributed by atoms with E-state index in [1.807, 2.05) is 0 Å². The van der Waals surface area contributed by atoms with Crippen molar-refractivity contribution in [1.82, 2.24) is 14.8 Å². The zero-order chi connectivity index (χ0) is 15.0. The molecule has 2 aromatic heterocycles. The number of hydrogen-bond acceptors (Lipinski definition) is 4. The summed E-state index contributed by atoms with van der Waals surface area (Å²) in [6, 6.07) is 9.29. The lowest BCUT2D eigenvalue weighted by Gasteiger charge is -2.03. The van der Waals surface area contributed by atoms with Crippen LogP contribution in [0, 0.1) is 0 Å². The van der Waals surface area contributed by atoms with Gasteiger partial charge >= 0.3 is 11.9 Å². The Hall–Kier alpha value is -3.22. The van der Waals surface area contributed by atoms with Gasteiger partial charge in [-0.1, -0.05) is 6.07 Å². The molecular formula is C14H9N3O4. The second-order valence-electron chi connectivity index (χ2n) is 4.30. The SMILES string of the molecule is O=C(O)c1cccc(-n2nc(C(=O)O)c3cccnc32)c1. The molecule has 104 valence electrons. The van der Waals surface area contributed by atoms with E-state index in [2.05, 4.69) is 10.1 Å². The summed E-state index contributed by atoms with van der Waals surface area (Å²) in [5.74, 6) is -2.24. The maximum Gasteiger partial charge on any atom is 0.357 e. The van der Waals surface area contributed by atoms with Crippen LogP contribution in [0.15, 0.2) is 42.6 Å². The van der Waals surface area contributed by atoms with Crippen LogP contribution < -0.4 is 0 Å². The molecule has 0 spiro atoms. The van der Waals surface area contributed by atoms with Gasteiger partial charge in [0.2, 0.25) is 0 Å². The van der Waals surface area contributed by atoms with Crippen LogP contribution in [0.2, 0.25) is 0 Å². The van der Waals surface area contributed by atoms with E-state index in [4.69, 9.17) is 5.11 Å². The molecule has 0 unspecified atom stereocenters. The van der Waals surface area contributed by atoms with E-state index in [9.17, 15) is 14.7 Å². The fourth-order valence-corrected chi connectivity index (χ4v) is 2.06. The van der Waals surface area contributed by atoms with E-state index in [-0.39, 0.29) is 11.3 Å². The van der Waals surface area contributed by atoms with Crippen molar-refractivity contribution in [3.8, 4) is 5.69 Å². The third kappa shape index (κ3) is 2.10. The van der Waals surface area contributed by atoms with Crippen molar-refractivity contribution >= 4 is 23.0 Å². The normalized spacial score (nSPS) is 10.7. The van der Waals surface area contributed by atoms with Crippen LogP contribution in [0.3, 0.4) is 0 Å². The van der Waals surface area contributed by atoms with Gasteiger partial charge in [-0.3, -0.25) is 0 Å². The minimum absolute atomic E-state index is 0.0870. The van der Waals surface area contributed by atoms with Crippen molar-refractivity contribution in [1.29, 1.82) is 0 Å². The predicted octanol–water partition coefficient (Wildman–Crippen LogP) is 1.82. The highest BCUT2D eigenvalue weighted by atomic mass is 16.4. The molecule has 0 aliphatic rings. The summed E-state index contributed by atoms with van der Waals surface area (Å²) in [5, 5.41) is 22.6. The lowest BCUT2D eigenvalue weighted by atomic mass is 10.2. The molecule has 7 nitrogen and oxygen atoms in total. The fourth-order valence-electron chi connectivity index (χ4n) is 2.06. The zero-order valence-electron chi connectivity index (χ0n) is 10.6. The third-order valence-electron chi connectivity index (χ3n) is 2.98. The number of hydrogen-bond donors (Lipinski definition) is 2. The Morgan fingerprint density at radius 3 is 2.57 bits per heavy atom. The summed E-state index contributed by atoms with van der Waals surface area (Å²) in [6.07, 6.45) is 1.52. The van der Waals surface area contributed by atoms with Gasteiger partial charge in [-0.15, -0.1) is 0 Å². The Morgan fingerprint density at radius 1 is 1.05 bits per heavy atom. The number of nitrogens with zero attached hydrogens (tertiary/aromatic N) is 3. The first kappa shape index (κ1) is 12.8. The van der Waals surface area contributed by atoms with Crippen molar-refractivity contribution in [3.63, 3.8) is 0 Å². The third-order valence-corrected chi connectivity index (χ3v) is 2.98. The molecule has 0 saturated heterocycles. The lowest BCUT2D eigenvalue weighted by molar-refractivity contribution is 0.0683. The van der Waals surface area contributed by atoms with Gasteiger partial charge in [-0.05, 0) is 30.3 Å². The first-order chi connectivity index (χ1) is 10.1. The molecule has 3 rings (SSSR count). The van der Waals surface area contributed by atoms with Gasteiger partial charge in [0.1, 0.15) is 0 Å². The smallest absolute Gasteiger partial charge is 0.357 e. The standard InChI is InChI=1S/C14H9N3O4/c18-13(19)8-3-1-4-9(7-8)17-12-10(5-2-6-15-12)11(16-17)14(20)21/h1-7H,(H,18,19)(H,20,21). The van der Waals surface area contributed by atoms with Crippen molar-refractivity contribution in [2.24, 2.45) is 0 Å². The average Bonchev–Trinajstić information content (AvgIpc) is 2.87. The Labute approximate surface area is 118 Å². The number of carbonyl (C=O) groups is 2. The Balaban J connectivity index is 2.28. The van der Waals surface area contributed by atoms with E-state index in [0.717, 1.165) is 0 Å². The lowest BCUT2D eigenvalue weighted by Crippen LogP contribution is -2.03. The van der Waals surface area contributed by atoms with Gasteiger partial charge in [0, 0.05) is 6.20 Å². The minimum Gasteiger partial charge on any atom is -0.478 e. The highest BCUT2D eigenvalue weighted by Gasteiger charge is 2.18. The van der Waals surface area contributed by atoms with E-state index >= 15 is 0 Å². The second kappa shape index (κ2) is 4.71. The summed E-state index contributed by atoms with van der Waals surface area (Å²) in [5.41, 5.74) is 0.756. The molecule has 0 bridgehead atoms. The number of aromatic nitrogens is 3. The van der Waals surface area contributed by atoms with Gasteiger partial charge in [0.25, 0.3) is 0 Å². The van der Waals surface area contributed by atoms with Gasteiger partial charge < -0.3 is 10.2 Å². The molecule has 0 amide bonds. The maximum absolute atomic E-state index is 11.2. The van der Waals surface area contributed by atoms with E-state index in [1.54, 1.807) is 24.3 Å². The molecular weight excluding hydrogens is 274 g/mol. The van der Waals surface area contributed by atoms with Crippen LogP contribution in [-0.2, 0) is 0 Å². The van der Waals surface area contributed by atoms with Crippen LogP contribution in [0.1, 0.15) is 20.8 Å². The van der Waals surface area contributed by atoms with Crippen molar-refractivity contribution in [3.05, 3.63) is 53.9 Å². The molecule has 0 aliphatic heterocycles. The Bertz CT molecular complexity index is 870. The molecule has 0 radical (unpaired) electrons. The Kier molecular flexibility index (Phi) is 2.87. The summed E-state index contributed by atoms with van der Waals surface area (Å²) in [4.78, 5) is 26.4. The maximum atomic E-state index is 11.2. The van der Waals surface area contributed by atoms with Crippen LogP contribution in [-0.4, -0.2) is 36.9 Å². The molecule has 3 aromatic rings. The molecule has 1 aromatic carbocycles. The molecule has 2 heterocycles. The molecule has 2 N–H and O–H groups in total. The number of fused-ring (bicyclic) bond motifs is 1. The summed E-state index contributed by atoms with van der Waals surface area (Å²) in [6.45, 7) is 0. The number of carboxylic acids is 2. The van der Waals surface area contributed by atoms with Gasteiger partial charge in [0.05, 0.1) is 16.6 Å². The first-order valence-electron chi connectivity index (χ1n) is 5.98. The quantitative estimate of drug-likeness (QED) is 0.759. The second-order valence-corrected chi connectivity index (χ2v) is 4.30. The predicted molar refractivity (Wildman–Crippen MR) is 72.8 cm³/mol. The summed E-state index contributed by atoms with van der Waals surface area (Å²) >= 11 is 0. The number of rotatable bonds is 3. The van der Waals surface area contributed by atoms with E-state index in [1.165, 1.54) is 23.0 Å². The number of benzene rings is 1. The highest BCUT2D eigenvalue weighted by Crippen LogP contribution is 2.20. The number of carboxylic acid groups (broad SMARTS) is 2. The Morgan fingerprint density at radius 2 is 1.86 bits per heavy atom. The topological polar surface area (TPSA) is 105 Å². The minimum atomic E-state index is -1.17. The van der Waals surface area contributed by atoms with Crippen molar-refractivity contribution in [2.75, 3.05) is 0 Å². The van der Waals surface area contributed by atoms with Crippen LogP contribution in [0.4, 0.5) is 0 Å². The van der Waals surface area contributed by atoms with Crippen LogP contribution in [0.25, 0.3) is 16.7 Å². The largest absolute Gasteiger partial charge is 0.478 e. The van der Waals surface area contributed by atoms with Crippen molar-refractivity contribution in [2.45, 2.75) is 0 Å².